The van der Waals surface area contributed by atoms with Crippen molar-refractivity contribution in [3.05, 3.63) is 101 Å². The van der Waals surface area contributed by atoms with Crippen LogP contribution in [-0.2, 0) is 0 Å². The summed E-state index contributed by atoms with van der Waals surface area (Å²) in [5.41, 5.74) is 3.67. The molecule has 0 unspecified atom stereocenters. The smallest absolute Gasteiger partial charge is 0.264 e. The highest BCUT2D eigenvalue weighted by atomic mass is 16.5. The van der Waals surface area contributed by atoms with E-state index in [1.807, 2.05) is 41.1 Å². The summed E-state index contributed by atoms with van der Waals surface area (Å²) in [6, 6.07) is 23.1. The molecule has 0 spiro atoms. The van der Waals surface area contributed by atoms with Crippen LogP contribution in [0.4, 0.5) is 5.95 Å². The summed E-state index contributed by atoms with van der Waals surface area (Å²) in [5.74, 6) is 1.61. The van der Waals surface area contributed by atoms with Crippen LogP contribution in [0.5, 0.6) is 11.5 Å². The number of ether oxygens (including phenoxy) is 2. The molecule has 0 saturated carbocycles. The number of carbonyl (C=O) groups excluding carboxylic acids is 1. The predicted molar refractivity (Wildman–Crippen MR) is 129 cm³/mol. The van der Waals surface area contributed by atoms with Crippen LogP contribution >= 0.6 is 0 Å². The molecule has 172 valence electrons. The lowest BCUT2D eigenvalue weighted by Crippen LogP contribution is -2.42. The average molecular weight is 455 g/mol. The molecule has 0 fully saturated rings. The maximum Gasteiger partial charge on any atom is 0.264 e. The van der Waals surface area contributed by atoms with E-state index in [0.717, 1.165) is 22.4 Å². The zero-order valence-electron chi connectivity index (χ0n) is 19.4. The van der Waals surface area contributed by atoms with Gasteiger partial charge >= 0.3 is 0 Å². The zero-order chi connectivity index (χ0) is 23.7. The quantitative estimate of drug-likeness (QED) is 0.425. The second kappa shape index (κ2) is 9.02. The van der Waals surface area contributed by atoms with E-state index in [1.165, 1.54) is 6.33 Å². The van der Waals surface area contributed by atoms with Crippen LogP contribution in [0.2, 0.25) is 0 Å². The van der Waals surface area contributed by atoms with Gasteiger partial charge in [-0.25, -0.2) is 4.68 Å². The number of nitrogens with zero attached hydrogens (tertiary/aromatic N) is 4. The number of carbonyl (C=O) groups is 1. The highest BCUT2D eigenvalue weighted by Gasteiger charge is 2.41. The fourth-order valence-corrected chi connectivity index (χ4v) is 4.65. The Hall–Kier alpha value is -4.13. The summed E-state index contributed by atoms with van der Waals surface area (Å²) in [4.78, 5) is 20.3. The first kappa shape index (κ1) is 21.7. The third-order valence-electron chi connectivity index (χ3n) is 6.34. The van der Waals surface area contributed by atoms with Crippen molar-refractivity contribution in [3.63, 3.8) is 0 Å². The lowest BCUT2D eigenvalue weighted by atomic mass is 9.90. The lowest BCUT2D eigenvalue weighted by molar-refractivity contribution is 0.0960. The molecule has 2 heterocycles. The van der Waals surface area contributed by atoms with Gasteiger partial charge in [0.25, 0.3) is 5.91 Å². The molecule has 0 radical (unpaired) electrons. The zero-order valence-corrected chi connectivity index (χ0v) is 19.4. The number of methoxy groups -OCH3 is 2. The number of anilines is 1. The first-order chi connectivity index (χ1) is 16.6. The Kier molecular flexibility index (Phi) is 5.76. The van der Waals surface area contributed by atoms with Crippen molar-refractivity contribution >= 4 is 11.9 Å². The molecule has 0 aliphatic carbocycles. The Morgan fingerprint density at radius 2 is 1.56 bits per heavy atom. The molecule has 34 heavy (non-hydrogen) atoms. The number of para-hydroxylation sites is 2. The van der Waals surface area contributed by atoms with Crippen LogP contribution in [0.15, 0.2) is 79.1 Å². The Balaban J connectivity index is 1.68. The third-order valence-corrected chi connectivity index (χ3v) is 6.34. The number of aryl methyl sites for hydroxylation is 1. The Morgan fingerprint density at radius 1 is 0.882 bits per heavy atom. The molecule has 7 heteroatoms. The van der Waals surface area contributed by atoms with Gasteiger partial charge in [0.1, 0.15) is 17.8 Å². The van der Waals surface area contributed by atoms with Gasteiger partial charge in [-0.1, -0.05) is 60.2 Å². The Bertz CT molecular complexity index is 1320. The Morgan fingerprint density at radius 3 is 2.29 bits per heavy atom. The normalized spacial score (nSPS) is 17.2. The van der Waals surface area contributed by atoms with Crippen molar-refractivity contribution in [2.75, 3.05) is 19.1 Å². The molecule has 1 amide bonds. The van der Waals surface area contributed by atoms with Gasteiger partial charge in [0.15, 0.2) is 0 Å². The van der Waals surface area contributed by atoms with Crippen molar-refractivity contribution in [1.29, 1.82) is 0 Å². The van der Waals surface area contributed by atoms with Gasteiger partial charge in [0.2, 0.25) is 5.95 Å². The average Bonchev–Trinajstić information content (AvgIpc) is 3.37. The SMILES string of the molecule is COc1ccccc1C(=O)N1c2ncnn2[C@H](c2ccccc2OC)C[C@@H]1c1ccc(C)cc1. The van der Waals surface area contributed by atoms with Crippen LogP contribution in [0.1, 0.15) is 45.6 Å². The van der Waals surface area contributed by atoms with E-state index in [1.54, 1.807) is 31.3 Å². The van der Waals surface area contributed by atoms with E-state index in [0.29, 0.717) is 23.7 Å². The summed E-state index contributed by atoms with van der Waals surface area (Å²) in [7, 11) is 3.23. The summed E-state index contributed by atoms with van der Waals surface area (Å²) >= 11 is 0. The van der Waals surface area contributed by atoms with E-state index in [9.17, 15) is 4.79 Å². The van der Waals surface area contributed by atoms with Gasteiger partial charge in [-0.05, 0) is 37.1 Å². The molecule has 0 N–H and O–H groups in total. The molecule has 0 bridgehead atoms. The number of benzene rings is 3. The minimum absolute atomic E-state index is 0.151. The fourth-order valence-electron chi connectivity index (χ4n) is 4.65. The molecule has 0 saturated heterocycles. The number of aromatic nitrogens is 3. The largest absolute Gasteiger partial charge is 0.496 e. The molecule has 7 nitrogen and oxygen atoms in total. The highest BCUT2D eigenvalue weighted by molar-refractivity contribution is 6.07. The standard InChI is InChI=1S/C27H26N4O3/c1-18-12-14-19(15-13-18)22-16-23(20-8-4-6-10-24(20)33-2)31-27(28-17-29-31)30(22)26(32)21-9-5-7-11-25(21)34-3/h4-15,17,22-23H,16H2,1-3H3/t22-,23+/m1/s1. The summed E-state index contributed by atoms with van der Waals surface area (Å²) in [6.45, 7) is 2.05. The highest BCUT2D eigenvalue weighted by Crippen LogP contribution is 2.44. The van der Waals surface area contributed by atoms with Gasteiger partial charge in [-0.15, -0.1) is 0 Å². The molecular formula is C27H26N4O3. The van der Waals surface area contributed by atoms with E-state index in [4.69, 9.17) is 9.47 Å². The van der Waals surface area contributed by atoms with Crippen molar-refractivity contribution in [1.82, 2.24) is 14.8 Å². The number of hydrogen-bond donors (Lipinski definition) is 0. The molecule has 5 rings (SSSR count). The number of fused-ring (bicyclic) bond motifs is 1. The molecule has 2 atom stereocenters. The van der Waals surface area contributed by atoms with E-state index in [2.05, 4.69) is 41.3 Å². The summed E-state index contributed by atoms with van der Waals surface area (Å²) in [6.07, 6.45) is 2.11. The maximum atomic E-state index is 14.0. The van der Waals surface area contributed by atoms with Crippen molar-refractivity contribution in [2.45, 2.75) is 25.4 Å². The van der Waals surface area contributed by atoms with Crippen LogP contribution in [0.25, 0.3) is 0 Å². The fraction of sp³-hybridized carbons (Fsp3) is 0.222. The minimum Gasteiger partial charge on any atom is -0.496 e. The molecular weight excluding hydrogens is 428 g/mol. The monoisotopic (exact) mass is 454 g/mol. The second-order valence-corrected chi connectivity index (χ2v) is 8.30. The maximum absolute atomic E-state index is 14.0. The van der Waals surface area contributed by atoms with Crippen molar-refractivity contribution in [3.8, 4) is 11.5 Å². The molecule has 3 aromatic carbocycles. The predicted octanol–water partition coefficient (Wildman–Crippen LogP) is 4.98. The Labute approximate surface area is 198 Å². The summed E-state index contributed by atoms with van der Waals surface area (Å²) in [5, 5.41) is 4.53. The van der Waals surface area contributed by atoms with Crippen molar-refractivity contribution in [2.24, 2.45) is 0 Å². The van der Waals surface area contributed by atoms with Crippen LogP contribution in [-0.4, -0.2) is 34.9 Å². The molecule has 4 aromatic rings. The van der Waals surface area contributed by atoms with Gasteiger partial charge in [-0.2, -0.15) is 10.1 Å². The van der Waals surface area contributed by atoms with Gasteiger partial charge < -0.3 is 9.47 Å². The third kappa shape index (κ3) is 3.69. The molecule has 1 aliphatic heterocycles. The van der Waals surface area contributed by atoms with E-state index < -0.39 is 0 Å². The molecule has 1 aromatic heterocycles. The molecule has 1 aliphatic rings. The van der Waals surface area contributed by atoms with Gasteiger partial charge in [0.05, 0.1) is 31.9 Å². The van der Waals surface area contributed by atoms with Crippen LogP contribution < -0.4 is 14.4 Å². The number of hydrogen-bond acceptors (Lipinski definition) is 5. The topological polar surface area (TPSA) is 69.5 Å². The van der Waals surface area contributed by atoms with Crippen LogP contribution in [0.3, 0.4) is 0 Å². The van der Waals surface area contributed by atoms with E-state index in [-0.39, 0.29) is 18.0 Å². The van der Waals surface area contributed by atoms with Gasteiger partial charge in [-0.3, -0.25) is 9.69 Å². The van der Waals surface area contributed by atoms with Crippen molar-refractivity contribution < 1.29 is 14.3 Å². The lowest BCUT2D eigenvalue weighted by Gasteiger charge is -2.39. The number of rotatable bonds is 5. The second-order valence-electron chi connectivity index (χ2n) is 8.30. The minimum atomic E-state index is -0.260. The number of amides is 1. The van der Waals surface area contributed by atoms with Crippen LogP contribution in [0, 0.1) is 6.92 Å². The van der Waals surface area contributed by atoms with Gasteiger partial charge in [0, 0.05) is 5.56 Å². The first-order valence-corrected chi connectivity index (χ1v) is 11.2. The van der Waals surface area contributed by atoms with E-state index >= 15 is 0 Å². The summed E-state index contributed by atoms with van der Waals surface area (Å²) < 4.78 is 13.0. The first-order valence-electron chi connectivity index (χ1n) is 11.2.